The number of anilines is 1. The van der Waals surface area contributed by atoms with E-state index in [1.165, 1.54) is 30.9 Å². The molecular formula is C10H12N4O2S2. The first kappa shape index (κ1) is 12.9. The van der Waals surface area contributed by atoms with Crippen LogP contribution in [0.15, 0.2) is 45.5 Å². The van der Waals surface area contributed by atoms with E-state index >= 15 is 0 Å². The van der Waals surface area contributed by atoms with Crippen LogP contribution in [-0.4, -0.2) is 25.4 Å². The van der Waals surface area contributed by atoms with Gasteiger partial charge in [-0.05, 0) is 37.0 Å². The van der Waals surface area contributed by atoms with Crippen molar-refractivity contribution in [2.45, 2.75) is 14.9 Å². The summed E-state index contributed by atoms with van der Waals surface area (Å²) in [6, 6.07) is 4.59. The minimum atomic E-state index is -3.46. The van der Waals surface area contributed by atoms with Gasteiger partial charge in [0.15, 0.2) is 5.16 Å². The Bertz CT molecular complexity index is 638. The van der Waals surface area contributed by atoms with Gasteiger partial charge in [0.1, 0.15) is 0 Å². The molecule has 0 bridgehead atoms. The number of benzene rings is 1. The van der Waals surface area contributed by atoms with Crippen LogP contribution < -0.4 is 10.5 Å². The first-order valence-electron chi connectivity index (χ1n) is 5.03. The number of H-pyrrole nitrogens is 1. The van der Waals surface area contributed by atoms with Gasteiger partial charge in [-0.25, -0.2) is 18.1 Å². The zero-order valence-electron chi connectivity index (χ0n) is 9.54. The highest BCUT2D eigenvalue weighted by Gasteiger charge is 2.13. The van der Waals surface area contributed by atoms with E-state index in [2.05, 4.69) is 14.7 Å². The summed E-state index contributed by atoms with van der Waals surface area (Å²) in [5.41, 5.74) is 6.23. The number of hydrogen-bond donors (Lipinski definition) is 3. The highest BCUT2D eigenvalue weighted by atomic mass is 32.2. The van der Waals surface area contributed by atoms with Crippen molar-refractivity contribution < 1.29 is 8.42 Å². The standard InChI is InChI=1S/C10H12N4O2S2/c1-12-18(15,16)7-2-3-9(8(11)6-7)17-10-13-4-5-14-10/h2-6,12H,11H2,1H3,(H,13,14). The summed E-state index contributed by atoms with van der Waals surface area (Å²) in [6.07, 6.45) is 3.34. The van der Waals surface area contributed by atoms with Crippen molar-refractivity contribution in [2.24, 2.45) is 0 Å². The fourth-order valence-corrected chi connectivity index (χ4v) is 2.84. The summed E-state index contributed by atoms with van der Waals surface area (Å²) in [5, 5.41) is 0.700. The van der Waals surface area contributed by atoms with E-state index in [0.29, 0.717) is 10.8 Å². The molecule has 6 nitrogen and oxygen atoms in total. The Hall–Kier alpha value is -1.51. The molecule has 1 heterocycles. The van der Waals surface area contributed by atoms with Crippen LogP contribution in [0.4, 0.5) is 5.69 Å². The molecule has 0 atom stereocenters. The van der Waals surface area contributed by atoms with Crippen molar-refractivity contribution in [3.05, 3.63) is 30.6 Å². The molecule has 96 valence electrons. The predicted octanol–water partition coefficient (Wildman–Crippen LogP) is 1.05. The summed E-state index contributed by atoms with van der Waals surface area (Å²) in [7, 11) is -2.10. The number of aromatic nitrogens is 2. The largest absolute Gasteiger partial charge is 0.398 e. The van der Waals surface area contributed by atoms with Gasteiger partial charge in [-0.15, -0.1) is 0 Å². The molecule has 0 aliphatic rings. The lowest BCUT2D eigenvalue weighted by Crippen LogP contribution is -2.18. The van der Waals surface area contributed by atoms with Crippen molar-refractivity contribution >= 4 is 27.5 Å². The molecule has 1 aromatic carbocycles. The van der Waals surface area contributed by atoms with E-state index < -0.39 is 10.0 Å². The fourth-order valence-electron chi connectivity index (χ4n) is 1.32. The predicted molar refractivity (Wildman–Crippen MR) is 69.8 cm³/mol. The molecule has 1 aromatic heterocycles. The number of sulfonamides is 1. The molecule has 0 saturated heterocycles. The van der Waals surface area contributed by atoms with Crippen molar-refractivity contribution in [2.75, 3.05) is 12.8 Å². The summed E-state index contributed by atoms with van der Waals surface area (Å²) in [5.74, 6) is 0. The van der Waals surface area contributed by atoms with Crippen LogP contribution in [0.5, 0.6) is 0 Å². The minimum Gasteiger partial charge on any atom is -0.398 e. The van der Waals surface area contributed by atoms with Gasteiger partial charge in [0.05, 0.1) is 4.90 Å². The van der Waals surface area contributed by atoms with Crippen molar-refractivity contribution in [3.8, 4) is 0 Å². The maximum atomic E-state index is 11.6. The number of nitrogens with two attached hydrogens (primary N) is 1. The second kappa shape index (κ2) is 5.01. The third kappa shape index (κ3) is 2.66. The number of rotatable bonds is 4. The summed E-state index contributed by atoms with van der Waals surface area (Å²) in [6.45, 7) is 0. The number of nitrogens with one attached hydrogen (secondary N) is 2. The second-order valence-electron chi connectivity index (χ2n) is 3.40. The Kier molecular flexibility index (Phi) is 3.60. The van der Waals surface area contributed by atoms with Gasteiger partial charge in [-0.2, -0.15) is 0 Å². The zero-order chi connectivity index (χ0) is 13.2. The number of aromatic amines is 1. The van der Waals surface area contributed by atoms with Crippen LogP contribution in [-0.2, 0) is 10.0 Å². The van der Waals surface area contributed by atoms with Crippen LogP contribution in [0.25, 0.3) is 0 Å². The van der Waals surface area contributed by atoms with Gasteiger partial charge in [0.25, 0.3) is 0 Å². The Labute approximate surface area is 109 Å². The molecule has 2 rings (SSSR count). The average molecular weight is 284 g/mol. The first-order chi connectivity index (χ1) is 8.53. The molecule has 18 heavy (non-hydrogen) atoms. The van der Waals surface area contributed by atoms with Crippen molar-refractivity contribution in [1.29, 1.82) is 0 Å². The maximum absolute atomic E-state index is 11.6. The van der Waals surface area contributed by atoms with Gasteiger partial charge in [-0.3, -0.25) is 0 Å². The van der Waals surface area contributed by atoms with E-state index in [0.717, 1.165) is 4.90 Å². The third-order valence-corrected chi connectivity index (χ3v) is 4.66. The molecule has 0 saturated carbocycles. The van der Waals surface area contributed by atoms with Gasteiger partial charge in [0.2, 0.25) is 10.0 Å². The topological polar surface area (TPSA) is 101 Å². The average Bonchev–Trinajstić information content (AvgIpc) is 2.84. The Morgan fingerprint density at radius 2 is 2.22 bits per heavy atom. The Balaban J connectivity index is 2.31. The summed E-state index contributed by atoms with van der Waals surface area (Å²) in [4.78, 5) is 7.89. The number of hydrogen-bond acceptors (Lipinski definition) is 5. The second-order valence-corrected chi connectivity index (χ2v) is 6.32. The van der Waals surface area contributed by atoms with Crippen LogP contribution in [0.3, 0.4) is 0 Å². The van der Waals surface area contributed by atoms with Crippen molar-refractivity contribution in [1.82, 2.24) is 14.7 Å². The number of nitrogens with zero attached hydrogens (tertiary/aromatic N) is 1. The van der Waals surface area contributed by atoms with Gasteiger partial charge >= 0.3 is 0 Å². The Morgan fingerprint density at radius 1 is 1.44 bits per heavy atom. The van der Waals surface area contributed by atoms with E-state index in [1.807, 2.05) is 0 Å². The maximum Gasteiger partial charge on any atom is 0.240 e. The molecule has 8 heteroatoms. The molecule has 4 N–H and O–H groups in total. The van der Waals surface area contributed by atoms with E-state index in [9.17, 15) is 8.42 Å². The van der Waals surface area contributed by atoms with Crippen LogP contribution in [0, 0.1) is 0 Å². The molecule has 0 fully saturated rings. The minimum absolute atomic E-state index is 0.145. The zero-order valence-corrected chi connectivity index (χ0v) is 11.2. The normalized spacial score (nSPS) is 11.6. The van der Waals surface area contributed by atoms with Crippen molar-refractivity contribution in [3.63, 3.8) is 0 Å². The molecule has 0 amide bonds. The smallest absolute Gasteiger partial charge is 0.240 e. The molecule has 0 unspecified atom stereocenters. The molecular weight excluding hydrogens is 272 g/mol. The summed E-state index contributed by atoms with van der Waals surface area (Å²) >= 11 is 1.34. The first-order valence-corrected chi connectivity index (χ1v) is 7.33. The van der Waals surface area contributed by atoms with E-state index in [4.69, 9.17) is 5.73 Å². The monoisotopic (exact) mass is 284 g/mol. The lowest BCUT2D eigenvalue weighted by atomic mass is 10.3. The molecule has 0 radical (unpaired) electrons. The van der Waals surface area contributed by atoms with Crippen LogP contribution in [0.2, 0.25) is 0 Å². The Morgan fingerprint density at radius 3 is 2.78 bits per heavy atom. The number of imidazole rings is 1. The van der Waals surface area contributed by atoms with E-state index in [-0.39, 0.29) is 4.90 Å². The molecule has 0 aliphatic heterocycles. The number of nitrogen functional groups attached to an aromatic ring is 1. The summed E-state index contributed by atoms with van der Waals surface area (Å²) < 4.78 is 25.4. The van der Waals surface area contributed by atoms with Gasteiger partial charge in [-0.1, -0.05) is 0 Å². The van der Waals surface area contributed by atoms with Crippen LogP contribution >= 0.6 is 11.8 Å². The quantitative estimate of drug-likeness (QED) is 0.729. The highest BCUT2D eigenvalue weighted by Crippen LogP contribution is 2.31. The van der Waals surface area contributed by atoms with Gasteiger partial charge in [0, 0.05) is 23.0 Å². The van der Waals surface area contributed by atoms with Crippen LogP contribution in [0.1, 0.15) is 0 Å². The lowest BCUT2D eigenvalue weighted by molar-refractivity contribution is 0.588. The molecule has 0 spiro atoms. The third-order valence-electron chi connectivity index (χ3n) is 2.24. The molecule has 2 aromatic rings. The molecule has 0 aliphatic carbocycles. The lowest BCUT2D eigenvalue weighted by Gasteiger charge is -2.07. The SMILES string of the molecule is CNS(=O)(=O)c1ccc(Sc2ncc[nH]2)c(N)c1. The highest BCUT2D eigenvalue weighted by molar-refractivity contribution is 7.99. The fraction of sp³-hybridized carbons (Fsp3) is 0.100. The van der Waals surface area contributed by atoms with E-state index in [1.54, 1.807) is 18.5 Å². The van der Waals surface area contributed by atoms with Gasteiger partial charge < -0.3 is 10.7 Å².